The molecule has 0 radical (unpaired) electrons. The van der Waals surface area contributed by atoms with Gasteiger partial charge in [-0.25, -0.2) is 0 Å². The van der Waals surface area contributed by atoms with E-state index in [1.165, 1.54) is 11.1 Å². The topological polar surface area (TPSA) is 0 Å². The molecule has 0 N–H and O–H groups in total. The maximum absolute atomic E-state index is 5.55. The lowest BCUT2D eigenvalue weighted by atomic mass is 10.1. The molecule has 0 saturated carbocycles. The lowest BCUT2D eigenvalue weighted by molar-refractivity contribution is 0.986. The van der Waals surface area contributed by atoms with E-state index in [4.69, 9.17) is 11.6 Å². The molecular formula is C10H17Cl. The van der Waals surface area contributed by atoms with E-state index in [1.807, 2.05) is 0 Å². The number of halogens is 1. The zero-order valence-corrected chi connectivity index (χ0v) is 8.25. The van der Waals surface area contributed by atoms with E-state index in [2.05, 4.69) is 26.5 Å². The molecule has 0 amide bonds. The smallest absolute Gasteiger partial charge is 0.0258 e. The van der Waals surface area contributed by atoms with Gasteiger partial charge in [-0.15, -0.1) is 11.6 Å². The molecule has 0 unspecified atom stereocenters. The zero-order chi connectivity index (χ0) is 8.69. The second-order valence-electron chi connectivity index (χ2n) is 2.81. The first-order valence-electron chi connectivity index (χ1n) is 4.09. The molecule has 0 atom stereocenters. The van der Waals surface area contributed by atoms with Crippen molar-refractivity contribution < 1.29 is 0 Å². The van der Waals surface area contributed by atoms with Gasteiger partial charge in [0.25, 0.3) is 0 Å². The van der Waals surface area contributed by atoms with Gasteiger partial charge in [-0.3, -0.25) is 0 Å². The molecule has 0 aliphatic carbocycles. The van der Waals surface area contributed by atoms with Crippen LogP contribution in [0, 0.1) is 0 Å². The van der Waals surface area contributed by atoms with Gasteiger partial charge in [-0.2, -0.15) is 0 Å². The van der Waals surface area contributed by atoms with Crippen molar-refractivity contribution >= 4 is 11.6 Å². The molecule has 0 aromatic heterocycles. The third kappa shape index (κ3) is 6.18. The Hall–Kier alpha value is -0.230. The molecule has 0 aromatic carbocycles. The van der Waals surface area contributed by atoms with Crippen LogP contribution in [0.3, 0.4) is 0 Å². The number of hydrogen-bond acceptors (Lipinski definition) is 0. The van der Waals surface area contributed by atoms with Crippen LogP contribution in [0.2, 0.25) is 0 Å². The first kappa shape index (κ1) is 10.8. The monoisotopic (exact) mass is 172 g/mol. The maximum atomic E-state index is 5.55. The molecule has 0 spiro atoms. The Morgan fingerprint density at radius 3 is 2.64 bits per heavy atom. The third-order valence-corrected chi connectivity index (χ3v) is 1.85. The molecule has 0 nitrogen and oxygen atoms in total. The van der Waals surface area contributed by atoms with E-state index in [1.54, 1.807) is 0 Å². The summed E-state index contributed by atoms with van der Waals surface area (Å²) in [6.45, 7) is 8.22. The fourth-order valence-electron chi connectivity index (χ4n) is 0.892. The van der Waals surface area contributed by atoms with Crippen molar-refractivity contribution in [2.24, 2.45) is 0 Å². The summed E-state index contributed by atoms with van der Waals surface area (Å²) in [6, 6.07) is 0. The molecule has 0 bridgehead atoms. The highest BCUT2D eigenvalue weighted by molar-refractivity contribution is 6.17. The van der Waals surface area contributed by atoms with Crippen LogP contribution in [0.5, 0.6) is 0 Å². The summed E-state index contributed by atoms with van der Waals surface area (Å²) in [5.74, 6) is 0.718. The minimum atomic E-state index is 0.718. The molecule has 0 saturated heterocycles. The van der Waals surface area contributed by atoms with Crippen LogP contribution < -0.4 is 0 Å². The summed E-state index contributed by atoms with van der Waals surface area (Å²) >= 11 is 5.55. The van der Waals surface area contributed by atoms with Crippen LogP contribution in [0.15, 0.2) is 23.8 Å². The Labute approximate surface area is 74.9 Å². The third-order valence-electron chi connectivity index (χ3n) is 1.63. The highest BCUT2D eigenvalue weighted by Gasteiger charge is 1.92. The summed E-state index contributed by atoms with van der Waals surface area (Å²) in [5, 5.41) is 0. The Balaban J connectivity index is 3.66. The molecule has 11 heavy (non-hydrogen) atoms. The van der Waals surface area contributed by atoms with Crippen LogP contribution in [0.25, 0.3) is 0 Å². The van der Waals surface area contributed by atoms with Gasteiger partial charge in [0.1, 0.15) is 0 Å². The minimum Gasteiger partial charge on any atom is -0.126 e. The summed E-state index contributed by atoms with van der Waals surface area (Å²) in [4.78, 5) is 0. The van der Waals surface area contributed by atoms with Crippen molar-refractivity contribution in [2.75, 3.05) is 5.88 Å². The van der Waals surface area contributed by atoms with Crippen molar-refractivity contribution in [3.63, 3.8) is 0 Å². The molecule has 0 heterocycles. The summed E-state index contributed by atoms with van der Waals surface area (Å²) in [7, 11) is 0. The molecule has 0 aliphatic rings. The highest BCUT2D eigenvalue weighted by atomic mass is 35.5. The summed E-state index contributed by atoms with van der Waals surface area (Å²) < 4.78 is 0. The van der Waals surface area contributed by atoms with Gasteiger partial charge in [-0.05, 0) is 26.2 Å². The Morgan fingerprint density at radius 1 is 1.55 bits per heavy atom. The Kier molecular flexibility index (Phi) is 6.34. The van der Waals surface area contributed by atoms with Crippen molar-refractivity contribution in [1.29, 1.82) is 0 Å². The quantitative estimate of drug-likeness (QED) is 0.436. The number of allylic oxidation sites excluding steroid dienone is 3. The van der Waals surface area contributed by atoms with Crippen molar-refractivity contribution in [3.8, 4) is 0 Å². The van der Waals surface area contributed by atoms with Gasteiger partial charge in [-0.1, -0.05) is 30.7 Å². The van der Waals surface area contributed by atoms with Crippen molar-refractivity contribution in [2.45, 2.75) is 33.1 Å². The van der Waals surface area contributed by atoms with Crippen molar-refractivity contribution in [1.82, 2.24) is 0 Å². The predicted molar refractivity (Wildman–Crippen MR) is 53.1 cm³/mol. The lowest BCUT2D eigenvalue weighted by Gasteiger charge is -2.01. The average molecular weight is 173 g/mol. The van der Waals surface area contributed by atoms with E-state index in [-0.39, 0.29) is 0 Å². The van der Waals surface area contributed by atoms with Crippen molar-refractivity contribution in [3.05, 3.63) is 23.8 Å². The maximum Gasteiger partial charge on any atom is 0.0258 e. The fourth-order valence-corrected chi connectivity index (χ4v) is 1.00. The van der Waals surface area contributed by atoms with Crippen LogP contribution >= 0.6 is 11.6 Å². The van der Waals surface area contributed by atoms with Crippen LogP contribution in [-0.4, -0.2) is 5.88 Å². The van der Waals surface area contributed by atoms with Crippen LogP contribution in [-0.2, 0) is 0 Å². The first-order valence-corrected chi connectivity index (χ1v) is 4.62. The Bertz CT molecular complexity index is 145. The number of alkyl halides is 1. The molecule has 64 valence electrons. The van der Waals surface area contributed by atoms with Gasteiger partial charge in [0.15, 0.2) is 0 Å². The second kappa shape index (κ2) is 6.48. The lowest BCUT2D eigenvalue weighted by Crippen LogP contribution is -1.82. The van der Waals surface area contributed by atoms with Crippen LogP contribution in [0.4, 0.5) is 0 Å². The highest BCUT2D eigenvalue weighted by Crippen LogP contribution is 2.11. The SMILES string of the molecule is C=C(CC)CC(C)=CCCCl. The second-order valence-corrected chi connectivity index (χ2v) is 3.19. The van der Waals surface area contributed by atoms with Gasteiger partial charge in [0.05, 0.1) is 0 Å². The fraction of sp³-hybridized carbons (Fsp3) is 0.600. The van der Waals surface area contributed by atoms with E-state index < -0.39 is 0 Å². The molecule has 0 aromatic rings. The molecule has 1 heteroatoms. The van der Waals surface area contributed by atoms with Crippen LogP contribution in [0.1, 0.15) is 33.1 Å². The minimum absolute atomic E-state index is 0.718. The standard InChI is InChI=1S/C10H17Cl/c1-4-9(2)8-10(3)6-5-7-11/h6H,2,4-5,7-8H2,1,3H3. The van der Waals surface area contributed by atoms with Gasteiger partial charge in [0, 0.05) is 5.88 Å². The molecule has 0 fully saturated rings. The predicted octanol–water partition coefficient (Wildman–Crippen LogP) is 3.92. The first-order chi connectivity index (χ1) is 5.20. The Morgan fingerprint density at radius 2 is 2.18 bits per heavy atom. The van der Waals surface area contributed by atoms with E-state index in [0.717, 1.165) is 25.1 Å². The number of rotatable bonds is 5. The van der Waals surface area contributed by atoms with E-state index >= 15 is 0 Å². The zero-order valence-electron chi connectivity index (χ0n) is 7.49. The van der Waals surface area contributed by atoms with Gasteiger partial charge in [0.2, 0.25) is 0 Å². The summed E-state index contributed by atoms with van der Waals surface area (Å²) in [5.41, 5.74) is 2.69. The molecule has 0 aliphatic heterocycles. The number of hydrogen-bond donors (Lipinski definition) is 0. The van der Waals surface area contributed by atoms with Gasteiger partial charge >= 0.3 is 0 Å². The summed E-state index contributed by atoms with van der Waals surface area (Å²) in [6.07, 6.45) is 5.28. The van der Waals surface area contributed by atoms with Gasteiger partial charge < -0.3 is 0 Å². The van der Waals surface area contributed by atoms with E-state index in [0.29, 0.717) is 0 Å². The largest absolute Gasteiger partial charge is 0.126 e. The normalized spacial score (nSPS) is 11.7. The molecular weight excluding hydrogens is 156 g/mol. The average Bonchev–Trinajstić information content (AvgIpc) is 2.00. The van der Waals surface area contributed by atoms with E-state index in [9.17, 15) is 0 Å². The molecule has 0 rings (SSSR count).